The lowest BCUT2D eigenvalue weighted by molar-refractivity contribution is -0.138. The van der Waals surface area contributed by atoms with Gasteiger partial charge in [0.05, 0.1) is 11.3 Å². The molecule has 1 unspecified atom stereocenters. The van der Waals surface area contributed by atoms with Gasteiger partial charge in [0.25, 0.3) is 0 Å². The highest BCUT2D eigenvalue weighted by molar-refractivity contribution is 5.23. The molecule has 0 radical (unpaired) electrons. The lowest BCUT2D eigenvalue weighted by Gasteiger charge is -2.14. The number of rotatable bonds is 3. The third-order valence-corrected chi connectivity index (χ3v) is 2.19. The Morgan fingerprint density at radius 1 is 1.47 bits per heavy atom. The second-order valence-electron chi connectivity index (χ2n) is 3.39. The number of nitrogens with one attached hydrogen (secondary N) is 1. The van der Waals surface area contributed by atoms with Crippen molar-refractivity contribution >= 4 is 0 Å². The second kappa shape index (κ2) is 4.61. The predicted molar refractivity (Wildman–Crippen MR) is 51.5 cm³/mol. The fourth-order valence-corrected chi connectivity index (χ4v) is 1.25. The van der Waals surface area contributed by atoms with Crippen molar-refractivity contribution in [1.82, 2.24) is 10.3 Å². The number of halogens is 3. The number of hydrogen-bond donors (Lipinski definition) is 1. The van der Waals surface area contributed by atoms with Crippen LogP contribution in [0.2, 0.25) is 0 Å². The largest absolute Gasteiger partial charge is 0.418 e. The van der Waals surface area contributed by atoms with Gasteiger partial charge < -0.3 is 5.32 Å². The molecule has 0 aliphatic heterocycles. The standard InChI is InChI=1S/C10H13F3N2/c1-7(14-2)6-9-8(10(11,12)13)4-3-5-15-9/h3-5,7,14H,6H2,1-2H3. The zero-order valence-electron chi connectivity index (χ0n) is 8.60. The normalized spacial score (nSPS) is 13.9. The Labute approximate surface area is 86.5 Å². The molecule has 0 fully saturated rings. The molecule has 5 heteroatoms. The summed E-state index contributed by atoms with van der Waals surface area (Å²) in [5, 5.41) is 2.88. The first-order valence-electron chi connectivity index (χ1n) is 4.63. The van der Waals surface area contributed by atoms with Gasteiger partial charge in [0.15, 0.2) is 0 Å². The van der Waals surface area contributed by atoms with Crippen LogP contribution in [0.1, 0.15) is 18.2 Å². The predicted octanol–water partition coefficient (Wildman–Crippen LogP) is 2.25. The highest BCUT2D eigenvalue weighted by Gasteiger charge is 2.33. The van der Waals surface area contributed by atoms with Crippen LogP contribution in [0.25, 0.3) is 0 Å². The molecule has 1 aromatic heterocycles. The summed E-state index contributed by atoms with van der Waals surface area (Å²) < 4.78 is 37.6. The number of hydrogen-bond acceptors (Lipinski definition) is 2. The van der Waals surface area contributed by atoms with Crippen LogP contribution in [-0.2, 0) is 12.6 Å². The van der Waals surface area contributed by atoms with E-state index in [1.54, 1.807) is 7.05 Å². The summed E-state index contributed by atoms with van der Waals surface area (Å²) >= 11 is 0. The van der Waals surface area contributed by atoms with Crippen LogP contribution in [0.15, 0.2) is 18.3 Å². The van der Waals surface area contributed by atoms with E-state index in [-0.39, 0.29) is 18.2 Å². The van der Waals surface area contributed by atoms with Gasteiger partial charge in [-0.3, -0.25) is 4.98 Å². The van der Waals surface area contributed by atoms with Gasteiger partial charge >= 0.3 is 6.18 Å². The minimum Gasteiger partial charge on any atom is -0.317 e. The molecule has 0 bridgehead atoms. The van der Waals surface area contributed by atoms with Crippen molar-refractivity contribution in [1.29, 1.82) is 0 Å². The average Bonchev–Trinajstić information content (AvgIpc) is 2.17. The quantitative estimate of drug-likeness (QED) is 0.841. The summed E-state index contributed by atoms with van der Waals surface area (Å²) in [6.07, 6.45) is -2.67. The highest BCUT2D eigenvalue weighted by Crippen LogP contribution is 2.31. The van der Waals surface area contributed by atoms with Crippen molar-refractivity contribution < 1.29 is 13.2 Å². The van der Waals surface area contributed by atoms with Gasteiger partial charge in [-0.05, 0) is 26.1 Å². The molecule has 2 nitrogen and oxygen atoms in total. The summed E-state index contributed by atoms with van der Waals surface area (Å²) in [4.78, 5) is 3.77. The number of nitrogens with zero attached hydrogens (tertiary/aromatic N) is 1. The molecule has 1 atom stereocenters. The van der Waals surface area contributed by atoms with Crippen LogP contribution in [0.4, 0.5) is 13.2 Å². The van der Waals surface area contributed by atoms with Crippen LogP contribution < -0.4 is 5.32 Å². The SMILES string of the molecule is CNC(C)Cc1ncccc1C(F)(F)F. The average molecular weight is 218 g/mol. The number of aromatic nitrogens is 1. The topological polar surface area (TPSA) is 24.9 Å². The van der Waals surface area contributed by atoms with E-state index < -0.39 is 11.7 Å². The molecule has 0 aromatic carbocycles. The molecule has 1 heterocycles. The van der Waals surface area contributed by atoms with E-state index in [0.29, 0.717) is 0 Å². The Morgan fingerprint density at radius 3 is 2.67 bits per heavy atom. The molecule has 0 aliphatic rings. The van der Waals surface area contributed by atoms with Crippen molar-refractivity contribution in [3.8, 4) is 0 Å². The minimum absolute atomic E-state index is 0.0269. The summed E-state index contributed by atoms with van der Waals surface area (Å²) in [6.45, 7) is 1.81. The monoisotopic (exact) mass is 218 g/mol. The Hall–Kier alpha value is -1.10. The smallest absolute Gasteiger partial charge is 0.317 e. The van der Waals surface area contributed by atoms with Crippen molar-refractivity contribution in [3.63, 3.8) is 0 Å². The van der Waals surface area contributed by atoms with E-state index in [0.717, 1.165) is 6.07 Å². The van der Waals surface area contributed by atoms with Gasteiger partial charge in [-0.2, -0.15) is 13.2 Å². The Morgan fingerprint density at radius 2 is 2.13 bits per heavy atom. The van der Waals surface area contributed by atoms with Crippen molar-refractivity contribution in [2.75, 3.05) is 7.05 Å². The van der Waals surface area contributed by atoms with E-state index in [4.69, 9.17) is 0 Å². The van der Waals surface area contributed by atoms with Crippen LogP contribution in [0, 0.1) is 0 Å². The van der Waals surface area contributed by atoms with Crippen LogP contribution >= 0.6 is 0 Å². The van der Waals surface area contributed by atoms with Gasteiger partial charge in [-0.15, -0.1) is 0 Å². The molecule has 0 saturated carbocycles. The first-order valence-corrected chi connectivity index (χ1v) is 4.63. The number of likely N-dealkylation sites (N-methyl/N-ethyl adjacent to an activating group) is 1. The van der Waals surface area contributed by atoms with Gasteiger partial charge in [0.1, 0.15) is 0 Å². The maximum atomic E-state index is 12.5. The highest BCUT2D eigenvalue weighted by atomic mass is 19.4. The first-order chi connectivity index (χ1) is 6.95. The van der Waals surface area contributed by atoms with E-state index in [1.165, 1.54) is 12.3 Å². The molecule has 0 spiro atoms. The van der Waals surface area contributed by atoms with Crippen molar-refractivity contribution in [2.45, 2.75) is 25.6 Å². The van der Waals surface area contributed by atoms with Crippen LogP contribution in [0.5, 0.6) is 0 Å². The molecular weight excluding hydrogens is 205 g/mol. The molecule has 84 valence electrons. The van der Waals surface area contributed by atoms with E-state index in [2.05, 4.69) is 10.3 Å². The summed E-state index contributed by atoms with van der Waals surface area (Å²) in [5.41, 5.74) is -0.557. The van der Waals surface area contributed by atoms with Gasteiger partial charge in [-0.25, -0.2) is 0 Å². The van der Waals surface area contributed by atoms with E-state index >= 15 is 0 Å². The lowest BCUT2D eigenvalue weighted by Crippen LogP contribution is -2.25. The number of alkyl halides is 3. The van der Waals surface area contributed by atoms with Crippen LogP contribution in [0.3, 0.4) is 0 Å². The molecule has 1 N–H and O–H groups in total. The molecule has 0 amide bonds. The molecule has 1 rings (SSSR count). The third kappa shape index (κ3) is 3.20. The number of pyridine rings is 1. The van der Waals surface area contributed by atoms with Gasteiger partial charge in [0, 0.05) is 18.7 Å². The van der Waals surface area contributed by atoms with E-state index in [9.17, 15) is 13.2 Å². The summed E-state index contributed by atoms with van der Waals surface area (Å²) in [7, 11) is 1.71. The van der Waals surface area contributed by atoms with Gasteiger partial charge in [0.2, 0.25) is 0 Å². The maximum absolute atomic E-state index is 12.5. The zero-order valence-corrected chi connectivity index (χ0v) is 8.60. The van der Waals surface area contributed by atoms with Crippen molar-refractivity contribution in [2.24, 2.45) is 0 Å². The Kier molecular flexibility index (Phi) is 3.68. The zero-order chi connectivity index (χ0) is 11.5. The first kappa shape index (κ1) is 12.0. The van der Waals surface area contributed by atoms with Crippen LogP contribution in [-0.4, -0.2) is 18.1 Å². The second-order valence-corrected chi connectivity index (χ2v) is 3.39. The summed E-state index contributed by atoms with van der Waals surface area (Å²) in [5.74, 6) is 0. The van der Waals surface area contributed by atoms with Crippen molar-refractivity contribution in [3.05, 3.63) is 29.6 Å². The molecule has 1 aromatic rings. The fourth-order valence-electron chi connectivity index (χ4n) is 1.25. The Balaban J connectivity index is 2.97. The lowest BCUT2D eigenvalue weighted by atomic mass is 10.1. The summed E-state index contributed by atoms with van der Waals surface area (Å²) in [6, 6.07) is 2.34. The third-order valence-electron chi connectivity index (χ3n) is 2.19. The Bertz CT molecular complexity index is 323. The fraction of sp³-hybridized carbons (Fsp3) is 0.500. The van der Waals surface area contributed by atoms with Gasteiger partial charge in [-0.1, -0.05) is 0 Å². The molecular formula is C10H13F3N2. The molecule has 0 saturated heterocycles. The maximum Gasteiger partial charge on any atom is 0.418 e. The molecule has 0 aliphatic carbocycles. The molecule has 15 heavy (non-hydrogen) atoms. The van der Waals surface area contributed by atoms with E-state index in [1.807, 2.05) is 6.92 Å². The minimum atomic E-state index is -4.32.